The van der Waals surface area contributed by atoms with Gasteiger partial charge in [0.2, 0.25) is 0 Å². The molecule has 1 fully saturated rings. The van der Waals surface area contributed by atoms with Gasteiger partial charge < -0.3 is 5.11 Å². The number of aliphatic carboxylic acids is 1. The molecule has 1 heterocycles. The lowest BCUT2D eigenvalue weighted by Crippen LogP contribution is -2.38. The Bertz CT molecular complexity index is 429. The first-order valence-corrected chi connectivity index (χ1v) is 8.19. The summed E-state index contributed by atoms with van der Waals surface area (Å²) in [6, 6.07) is 2.06. The third kappa shape index (κ3) is 2.97. The van der Waals surface area contributed by atoms with Crippen LogP contribution in [0.3, 0.4) is 0 Å². The molecule has 2 atom stereocenters. The van der Waals surface area contributed by atoms with Crippen LogP contribution in [-0.4, -0.2) is 11.1 Å². The van der Waals surface area contributed by atoms with Crippen molar-refractivity contribution in [3.8, 4) is 0 Å². The molecule has 1 aliphatic carbocycles. The molecule has 0 amide bonds. The van der Waals surface area contributed by atoms with E-state index in [1.807, 2.05) is 5.38 Å². The van der Waals surface area contributed by atoms with Gasteiger partial charge in [0.05, 0.1) is 5.41 Å². The maximum atomic E-state index is 11.7. The Morgan fingerprint density at radius 1 is 1.67 bits per heavy atom. The molecule has 100 valence electrons. The molecular formula is C14H19BrO2S. The largest absolute Gasteiger partial charge is 0.481 e. The smallest absolute Gasteiger partial charge is 0.310 e. The van der Waals surface area contributed by atoms with Gasteiger partial charge in [0, 0.05) is 14.7 Å². The van der Waals surface area contributed by atoms with E-state index in [0.717, 1.165) is 30.2 Å². The molecule has 0 aliphatic heterocycles. The van der Waals surface area contributed by atoms with Gasteiger partial charge in [-0.2, -0.15) is 0 Å². The molecule has 18 heavy (non-hydrogen) atoms. The number of thiophene rings is 1. The summed E-state index contributed by atoms with van der Waals surface area (Å²) in [6.45, 7) is 2.17. The van der Waals surface area contributed by atoms with E-state index in [1.165, 1.54) is 11.3 Å². The van der Waals surface area contributed by atoms with E-state index in [2.05, 4.69) is 28.9 Å². The van der Waals surface area contributed by atoms with E-state index in [-0.39, 0.29) is 0 Å². The minimum atomic E-state index is -0.606. The molecule has 4 heteroatoms. The maximum Gasteiger partial charge on any atom is 0.310 e. The predicted molar refractivity (Wildman–Crippen MR) is 78.0 cm³/mol. The number of halogens is 1. The van der Waals surface area contributed by atoms with Crippen molar-refractivity contribution in [3.05, 3.63) is 20.8 Å². The topological polar surface area (TPSA) is 37.3 Å². The monoisotopic (exact) mass is 330 g/mol. The number of carboxylic acids is 1. The lowest BCUT2D eigenvalue weighted by molar-refractivity contribution is -0.152. The molecule has 1 aromatic heterocycles. The average Bonchev–Trinajstić information content (AvgIpc) is 2.74. The molecule has 2 nitrogen and oxygen atoms in total. The zero-order valence-corrected chi connectivity index (χ0v) is 13.0. The van der Waals surface area contributed by atoms with E-state index in [4.69, 9.17) is 0 Å². The van der Waals surface area contributed by atoms with Crippen molar-refractivity contribution in [2.45, 2.75) is 45.4 Å². The van der Waals surface area contributed by atoms with Crippen LogP contribution >= 0.6 is 27.3 Å². The van der Waals surface area contributed by atoms with E-state index < -0.39 is 11.4 Å². The Morgan fingerprint density at radius 2 is 2.44 bits per heavy atom. The molecule has 0 bridgehead atoms. The minimum Gasteiger partial charge on any atom is -0.481 e. The van der Waals surface area contributed by atoms with Crippen molar-refractivity contribution < 1.29 is 9.90 Å². The summed E-state index contributed by atoms with van der Waals surface area (Å²) in [5.41, 5.74) is -0.525. The van der Waals surface area contributed by atoms with Gasteiger partial charge in [0.15, 0.2) is 0 Å². The van der Waals surface area contributed by atoms with Crippen LogP contribution in [-0.2, 0) is 11.2 Å². The van der Waals surface area contributed by atoms with Crippen molar-refractivity contribution >= 4 is 33.2 Å². The van der Waals surface area contributed by atoms with E-state index in [9.17, 15) is 9.90 Å². The number of carbonyl (C=O) groups is 1. The summed E-state index contributed by atoms with van der Waals surface area (Å²) in [7, 11) is 0. The normalized spacial score (nSPS) is 28.2. The molecule has 0 aromatic carbocycles. The lowest BCUT2D eigenvalue weighted by atomic mass is 9.67. The van der Waals surface area contributed by atoms with Gasteiger partial charge in [-0.3, -0.25) is 4.79 Å². The van der Waals surface area contributed by atoms with Gasteiger partial charge in [-0.1, -0.05) is 26.2 Å². The number of hydrogen-bond donors (Lipinski definition) is 1. The highest BCUT2D eigenvalue weighted by molar-refractivity contribution is 9.10. The summed E-state index contributed by atoms with van der Waals surface area (Å²) in [6.07, 6.45) is 5.71. The standard InChI is InChI=1S/C14H19BrO2S/c1-2-10-4-3-5-14(7-10,13(16)17)8-12-6-11(15)9-18-12/h6,9-10H,2-5,7-8H2,1H3,(H,16,17). The second-order valence-corrected chi connectivity index (χ2v) is 7.28. The molecule has 0 saturated heterocycles. The number of hydrogen-bond acceptors (Lipinski definition) is 2. The van der Waals surface area contributed by atoms with Crippen LogP contribution in [0.5, 0.6) is 0 Å². The number of rotatable bonds is 4. The van der Waals surface area contributed by atoms with Crippen LogP contribution in [0.4, 0.5) is 0 Å². The van der Waals surface area contributed by atoms with Gasteiger partial charge in [-0.25, -0.2) is 0 Å². The zero-order valence-electron chi connectivity index (χ0n) is 10.6. The summed E-state index contributed by atoms with van der Waals surface area (Å²) in [4.78, 5) is 12.9. The van der Waals surface area contributed by atoms with Gasteiger partial charge in [-0.15, -0.1) is 11.3 Å². The first-order valence-electron chi connectivity index (χ1n) is 6.52. The molecular weight excluding hydrogens is 312 g/mol. The fourth-order valence-corrected chi connectivity index (χ4v) is 4.64. The van der Waals surface area contributed by atoms with Crippen molar-refractivity contribution in [2.75, 3.05) is 0 Å². The highest BCUT2D eigenvalue weighted by atomic mass is 79.9. The van der Waals surface area contributed by atoms with Crippen molar-refractivity contribution in [3.63, 3.8) is 0 Å². The average molecular weight is 331 g/mol. The summed E-state index contributed by atoms with van der Waals surface area (Å²) in [5, 5.41) is 11.7. The van der Waals surface area contributed by atoms with Gasteiger partial charge in [0.1, 0.15) is 0 Å². The fraction of sp³-hybridized carbons (Fsp3) is 0.643. The van der Waals surface area contributed by atoms with Crippen molar-refractivity contribution in [2.24, 2.45) is 11.3 Å². The molecule has 2 rings (SSSR count). The Morgan fingerprint density at radius 3 is 3.00 bits per heavy atom. The highest BCUT2D eigenvalue weighted by Gasteiger charge is 2.42. The van der Waals surface area contributed by atoms with Crippen LogP contribution in [0.1, 0.15) is 43.9 Å². The second-order valence-electron chi connectivity index (χ2n) is 5.36. The molecule has 2 unspecified atom stereocenters. The number of carboxylic acid groups (broad SMARTS) is 1. The van der Waals surface area contributed by atoms with Gasteiger partial charge in [0.25, 0.3) is 0 Å². The summed E-state index contributed by atoms with van der Waals surface area (Å²) < 4.78 is 1.06. The summed E-state index contributed by atoms with van der Waals surface area (Å²) in [5.74, 6) is -0.0246. The highest BCUT2D eigenvalue weighted by Crippen LogP contribution is 2.44. The Labute approximate surface area is 121 Å². The SMILES string of the molecule is CCC1CCCC(Cc2cc(Br)cs2)(C(=O)O)C1. The van der Waals surface area contributed by atoms with Crippen LogP contribution in [0.25, 0.3) is 0 Å². The van der Waals surface area contributed by atoms with Gasteiger partial charge >= 0.3 is 5.97 Å². The van der Waals surface area contributed by atoms with Crippen LogP contribution in [0.15, 0.2) is 15.9 Å². The first kappa shape index (κ1) is 14.1. The Balaban J connectivity index is 2.18. The van der Waals surface area contributed by atoms with Crippen molar-refractivity contribution in [1.82, 2.24) is 0 Å². The Hall–Kier alpha value is -0.350. The quantitative estimate of drug-likeness (QED) is 0.866. The van der Waals surface area contributed by atoms with Crippen molar-refractivity contribution in [1.29, 1.82) is 0 Å². The van der Waals surface area contributed by atoms with E-state index >= 15 is 0 Å². The zero-order chi connectivity index (χ0) is 13.2. The summed E-state index contributed by atoms with van der Waals surface area (Å²) >= 11 is 5.10. The van der Waals surface area contributed by atoms with E-state index in [0.29, 0.717) is 12.3 Å². The lowest BCUT2D eigenvalue weighted by Gasteiger charge is -2.37. The molecule has 1 aliphatic rings. The fourth-order valence-electron chi connectivity index (χ4n) is 3.04. The maximum absolute atomic E-state index is 11.7. The molecule has 1 saturated carbocycles. The first-order chi connectivity index (χ1) is 8.55. The van der Waals surface area contributed by atoms with Crippen LogP contribution in [0.2, 0.25) is 0 Å². The predicted octanol–water partition coefficient (Wildman–Crippen LogP) is 4.72. The molecule has 0 spiro atoms. The molecule has 1 aromatic rings. The van der Waals surface area contributed by atoms with Gasteiger partial charge in [-0.05, 0) is 47.2 Å². The van der Waals surface area contributed by atoms with Crippen LogP contribution in [0, 0.1) is 11.3 Å². The Kier molecular flexibility index (Phi) is 4.49. The molecule has 1 N–H and O–H groups in total. The molecule has 0 radical (unpaired) electrons. The minimum absolute atomic E-state index is 0.525. The van der Waals surface area contributed by atoms with Crippen LogP contribution < -0.4 is 0 Å². The van der Waals surface area contributed by atoms with E-state index in [1.54, 1.807) is 11.3 Å². The third-order valence-corrected chi connectivity index (χ3v) is 5.81. The third-order valence-electron chi connectivity index (χ3n) is 4.11. The second kappa shape index (κ2) is 5.74.